The van der Waals surface area contributed by atoms with Crippen molar-refractivity contribution in [2.45, 2.75) is 96.3 Å². The van der Waals surface area contributed by atoms with Crippen molar-refractivity contribution in [1.29, 1.82) is 0 Å². The molecule has 0 amide bonds. The van der Waals surface area contributed by atoms with Crippen LogP contribution in [-0.2, 0) is 4.74 Å². The summed E-state index contributed by atoms with van der Waals surface area (Å²) in [4.78, 5) is 0. The van der Waals surface area contributed by atoms with Crippen LogP contribution >= 0.6 is 0 Å². The third-order valence-corrected chi connectivity index (χ3v) is 7.67. The van der Waals surface area contributed by atoms with Crippen molar-refractivity contribution in [1.82, 2.24) is 5.32 Å². The van der Waals surface area contributed by atoms with Crippen LogP contribution in [-0.4, -0.2) is 24.3 Å². The maximum atomic E-state index is 6.49. The van der Waals surface area contributed by atoms with Gasteiger partial charge in [-0.2, -0.15) is 0 Å². The number of ether oxygens (including phenoxy) is 1. The zero-order chi connectivity index (χ0) is 14.7. The van der Waals surface area contributed by atoms with E-state index in [1.807, 2.05) is 0 Å². The molecule has 3 aliphatic carbocycles. The Morgan fingerprint density at radius 1 is 1.00 bits per heavy atom. The second kappa shape index (κ2) is 4.71. The van der Waals surface area contributed by atoms with Crippen molar-refractivity contribution in [3.8, 4) is 0 Å². The fourth-order valence-corrected chi connectivity index (χ4v) is 6.49. The summed E-state index contributed by atoms with van der Waals surface area (Å²) in [6.45, 7) is 8.59. The molecule has 0 radical (unpaired) electrons. The van der Waals surface area contributed by atoms with Crippen LogP contribution in [0.5, 0.6) is 0 Å². The first-order valence-electron chi connectivity index (χ1n) is 9.35. The molecule has 1 heterocycles. The van der Waals surface area contributed by atoms with Crippen LogP contribution in [0.25, 0.3) is 0 Å². The van der Waals surface area contributed by atoms with Gasteiger partial charge >= 0.3 is 0 Å². The van der Waals surface area contributed by atoms with Gasteiger partial charge < -0.3 is 10.1 Å². The average molecular weight is 291 g/mol. The summed E-state index contributed by atoms with van der Waals surface area (Å²) in [5.41, 5.74) is 1.30. The molecule has 21 heavy (non-hydrogen) atoms. The molecule has 0 aromatic heterocycles. The number of rotatable bonds is 3. The fourth-order valence-electron chi connectivity index (χ4n) is 6.49. The van der Waals surface area contributed by atoms with E-state index in [-0.39, 0.29) is 0 Å². The SMILES string of the molecule is CC12CCC(C1)C(C)(C)C2NCC1CCC2(CCCC2)O1. The molecule has 0 aromatic carbocycles. The number of nitrogens with one attached hydrogen (secondary N) is 1. The first-order valence-corrected chi connectivity index (χ1v) is 9.35. The smallest absolute Gasteiger partial charge is 0.0708 e. The lowest BCUT2D eigenvalue weighted by molar-refractivity contribution is -0.0393. The maximum Gasteiger partial charge on any atom is 0.0708 e. The summed E-state index contributed by atoms with van der Waals surface area (Å²) in [6.07, 6.45) is 12.8. The second-order valence-corrected chi connectivity index (χ2v) is 9.43. The van der Waals surface area contributed by atoms with Gasteiger partial charge in [-0.05, 0) is 61.7 Å². The van der Waals surface area contributed by atoms with Crippen LogP contribution in [0.1, 0.15) is 78.6 Å². The maximum absolute atomic E-state index is 6.49. The van der Waals surface area contributed by atoms with Crippen LogP contribution in [0.3, 0.4) is 0 Å². The Morgan fingerprint density at radius 2 is 1.76 bits per heavy atom. The number of hydrogen-bond donors (Lipinski definition) is 1. The minimum absolute atomic E-state index is 0.292. The summed E-state index contributed by atoms with van der Waals surface area (Å²) < 4.78 is 6.49. The molecule has 2 nitrogen and oxygen atoms in total. The van der Waals surface area contributed by atoms with Gasteiger partial charge in [0.05, 0.1) is 11.7 Å². The molecule has 3 saturated carbocycles. The third-order valence-electron chi connectivity index (χ3n) is 7.67. The van der Waals surface area contributed by atoms with Crippen molar-refractivity contribution in [2.75, 3.05) is 6.54 Å². The normalized spacial score (nSPS) is 46.7. The molecule has 4 atom stereocenters. The van der Waals surface area contributed by atoms with Gasteiger partial charge in [0.25, 0.3) is 0 Å². The Labute approximate surface area is 130 Å². The molecular formula is C19H33NO. The molecule has 1 spiro atoms. The topological polar surface area (TPSA) is 21.3 Å². The van der Waals surface area contributed by atoms with Crippen LogP contribution in [0, 0.1) is 16.7 Å². The van der Waals surface area contributed by atoms with Crippen LogP contribution in [0.2, 0.25) is 0 Å². The zero-order valence-corrected chi connectivity index (χ0v) is 14.2. The molecule has 0 aromatic rings. The second-order valence-electron chi connectivity index (χ2n) is 9.43. The molecule has 2 bridgehead atoms. The van der Waals surface area contributed by atoms with Gasteiger partial charge in [0.15, 0.2) is 0 Å². The molecule has 4 rings (SSSR count). The Morgan fingerprint density at radius 3 is 2.43 bits per heavy atom. The lowest BCUT2D eigenvalue weighted by atomic mass is 9.68. The van der Waals surface area contributed by atoms with E-state index in [0.717, 1.165) is 12.5 Å². The summed E-state index contributed by atoms with van der Waals surface area (Å²) in [5, 5.41) is 3.97. The van der Waals surface area contributed by atoms with Crippen molar-refractivity contribution in [2.24, 2.45) is 16.7 Å². The summed E-state index contributed by atoms with van der Waals surface area (Å²) in [7, 11) is 0. The molecule has 2 heteroatoms. The molecule has 120 valence electrons. The van der Waals surface area contributed by atoms with Crippen molar-refractivity contribution in [3.05, 3.63) is 0 Å². The predicted octanol–water partition coefficient (Wildman–Crippen LogP) is 4.28. The Kier molecular flexibility index (Phi) is 3.25. The Hall–Kier alpha value is -0.0800. The summed E-state index contributed by atoms with van der Waals surface area (Å²) >= 11 is 0. The molecule has 4 unspecified atom stereocenters. The van der Waals surface area contributed by atoms with Gasteiger partial charge in [-0.1, -0.05) is 33.6 Å². The van der Waals surface area contributed by atoms with Crippen molar-refractivity contribution >= 4 is 0 Å². The molecular weight excluding hydrogens is 258 g/mol. The fraction of sp³-hybridized carbons (Fsp3) is 1.00. The van der Waals surface area contributed by atoms with Gasteiger partial charge in [0.2, 0.25) is 0 Å². The average Bonchev–Trinajstić information content (AvgIpc) is 3.15. The number of hydrogen-bond acceptors (Lipinski definition) is 2. The van der Waals surface area contributed by atoms with Crippen molar-refractivity contribution in [3.63, 3.8) is 0 Å². The quantitative estimate of drug-likeness (QED) is 0.838. The Bertz CT molecular complexity index is 407. The summed E-state index contributed by atoms with van der Waals surface area (Å²) in [5.74, 6) is 0.936. The molecule has 1 N–H and O–H groups in total. The van der Waals surface area contributed by atoms with Gasteiger partial charge in [0, 0.05) is 12.6 Å². The van der Waals surface area contributed by atoms with E-state index in [0.29, 0.717) is 28.6 Å². The van der Waals surface area contributed by atoms with Gasteiger partial charge in [-0.3, -0.25) is 0 Å². The van der Waals surface area contributed by atoms with Gasteiger partial charge in [-0.25, -0.2) is 0 Å². The minimum atomic E-state index is 0.292. The monoisotopic (exact) mass is 291 g/mol. The largest absolute Gasteiger partial charge is 0.370 e. The van der Waals surface area contributed by atoms with Gasteiger partial charge in [-0.15, -0.1) is 0 Å². The third kappa shape index (κ3) is 2.20. The molecule has 4 aliphatic rings. The standard InChI is InChI=1S/C19H33NO/c1-17(2)14-6-10-18(3,12-14)16(17)20-13-15-7-11-19(21-15)8-4-5-9-19/h14-16,20H,4-13H2,1-3H3. The van der Waals surface area contributed by atoms with E-state index in [9.17, 15) is 0 Å². The summed E-state index contributed by atoms with van der Waals surface area (Å²) in [6, 6.07) is 0.687. The highest BCUT2D eigenvalue weighted by molar-refractivity contribution is 5.12. The predicted molar refractivity (Wildman–Crippen MR) is 86.3 cm³/mol. The highest BCUT2D eigenvalue weighted by Crippen LogP contribution is 2.62. The molecule has 1 saturated heterocycles. The molecule has 1 aliphatic heterocycles. The highest BCUT2D eigenvalue weighted by atomic mass is 16.5. The van der Waals surface area contributed by atoms with E-state index in [1.54, 1.807) is 0 Å². The molecule has 4 fully saturated rings. The van der Waals surface area contributed by atoms with E-state index in [2.05, 4.69) is 26.1 Å². The van der Waals surface area contributed by atoms with Crippen LogP contribution < -0.4 is 5.32 Å². The van der Waals surface area contributed by atoms with E-state index < -0.39 is 0 Å². The number of fused-ring (bicyclic) bond motifs is 2. The lowest BCUT2D eigenvalue weighted by Gasteiger charge is -2.43. The van der Waals surface area contributed by atoms with Crippen LogP contribution in [0.15, 0.2) is 0 Å². The van der Waals surface area contributed by atoms with E-state index >= 15 is 0 Å². The van der Waals surface area contributed by atoms with E-state index in [1.165, 1.54) is 57.8 Å². The van der Waals surface area contributed by atoms with Crippen molar-refractivity contribution < 1.29 is 4.74 Å². The minimum Gasteiger partial charge on any atom is -0.370 e. The first kappa shape index (κ1) is 14.5. The van der Waals surface area contributed by atoms with Gasteiger partial charge in [0.1, 0.15) is 0 Å². The first-order chi connectivity index (χ1) is 9.94. The highest BCUT2D eigenvalue weighted by Gasteiger charge is 2.59. The Balaban J connectivity index is 1.37. The van der Waals surface area contributed by atoms with E-state index in [4.69, 9.17) is 4.74 Å². The zero-order valence-electron chi connectivity index (χ0n) is 14.2. The lowest BCUT2D eigenvalue weighted by Crippen LogP contribution is -2.52. The van der Waals surface area contributed by atoms with Crippen LogP contribution in [0.4, 0.5) is 0 Å².